The number of nitrogens with one attached hydrogen (secondary N) is 1. The molecule has 0 fully saturated rings. The first-order valence-corrected chi connectivity index (χ1v) is 7.19. The van der Waals surface area contributed by atoms with E-state index in [0.717, 1.165) is 15.6 Å². The average Bonchev–Trinajstić information content (AvgIpc) is 2.41. The standard InChI is InChI=1S/C16H17BrN2O/c1-10-8-13(6-7-15(10)18)16(20)19-11(2)12-4-3-5-14(17)9-12/h3-9,11H,18H2,1-2H3,(H,19,20)/t11-/m0/s1. The maximum absolute atomic E-state index is 12.2. The van der Waals surface area contributed by atoms with Crippen molar-refractivity contribution in [2.45, 2.75) is 19.9 Å². The molecule has 1 amide bonds. The maximum atomic E-state index is 12.2. The highest BCUT2D eigenvalue weighted by Gasteiger charge is 2.12. The molecular formula is C16H17BrN2O. The van der Waals surface area contributed by atoms with Crippen LogP contribution in [0.1, 0.15) is 34.5 Å². The zero-order valence-corrected chi connectivity index (χ0v) is 13.1. The van der Waals surface area contributed by atoms with Gasteiger partial charge in [0.2, 0.25) is 0 Å². The van der Waals surface area contributed by atoms with Gasteiger partial charge >= 0.3 is 0 Å². The molecule has 0 unspecified atom stereocenters. The van der Waals surface area contributed by atoms with E-state index in [4.69, 9.17) is 5.73 Å². The van der Waals surface area contributed by atoms with E-state index in [9.17, 15) is 4.79 Å². The third kappa shape index (κ3) is 3.39. The highest BCUT2D eigenvalue weighted by atomic mass is 79.9. The van der Waals surface area contributed by atoms with Gasteiger partial charge in [0.1, 0.15) is 0 Å². The lowest BCUT2D eigenvalue weighted by molar-refractivity contribution is 0.0940. The van der Waals surface area contributed by atoms with Crippen LogP contribution in [0.2, 0.25) is 0 Å². The molecule has 0 bridgehead atoms. The van der Waals surface area contributed by atoms with Crippen molar-refractivity contribution in [3.8, 4) is 0 Å². The summed E-state index contributed by atoms with van der Waals surface area (Å²) in [4.78, 5) is 12.2. The molecule has 104 valence electrons. The molecule has 2 rings (SSSR count). The van der Waals surface area contributed by atoms with Gasteiger partial charge in [-0.3, -0.25) is 4.79 Å². The zero-order chi connectivity index (χ0) is 14.7. The molecule has 2 aromatic rings. The quantitative estimate of drug-likeness (QED) is 0.839. The third-order valence-electron chi connectivity index (χ3n) is 3.23. The van der Waals surface area contributed by atoms with Crippen LogP contribution in [0.5, 0.6) is 0 Å². The number of aryl methyl sites for hydroxylation is 1. The summed E-state index contributed by atoms with van der Waals surface area (Å²) in [5.41, 5.74) is 9.05. The Morgan fingerprint density at radius 1 is 1.25 bits per heavy atom. The molecule has 0 aliphatic rings. The van der Waals surface area contributed by atoms with Crippen molar-refractivity contribution in [1.29, 1.82) is 0 Å². The zero-order valence-electron chi connectivity index (χ0n) is 11.5. The van der Waals surface area contributed by atoms with Gasteiger partial charge in [0.25, 0.3) is 5.91 Å². The van der Waals surface area contributed by atoms with Crippen LogP contribution in [0.4, 0.5) is 5.69 Å². The van der Waals surface area contributed by atoms with E-state index in [1.165, 1.54) is 0 Å². The van der Waals surface area contributed by atoms with Gasteiger partial charge in [0.05, 0.1) is 6.04 Å². The second-order valence-electron chi connectivity index (χ2n) is 4.82. The van der Waals surface area contributed by atoms with Crippen LogP contribution >= 0.6 is 15.9 Å². The molecule has 0 saturated carbocycles. The molecule has 0 aromatic heterocycles. The second kappa shape index (κ2) is 6.09. The van der Waals surface area contributed by atoms with E-state index >= 15 is 0 Å². The summed E-state index contributed by atoms with van der Waals surface area (Å²) in [6.07, 6.45) is 0. The predicted octanol–water partition coefficient (Wildman–Crippen LogP) is 3.83. The average molecular weight is 333 g/mol. The highest BCUT2D eigenvalue weighted by molar-refractivity contribution is 9.10. The molecule has 3 N–H and O–H groups in total. The fourth-order valence-corrected chi connectivity index (χ4v) is 2.37. The second-order valence-corrected chi connectivity index (χ2v) is 5.74. The van der Waals surface area contributed by atoms with Gasteiger partial charge in [0.15, 0.2) is 0 Å². The van der Waals surface area contributed by atoms with Gasteiger partial charge in [-0.2, -0.15) is 0 Å². The molecular weight excluding hydrogens is 316 g/mol. The lowest BCUT2D eigenvalue weighted by Crippen LogP contribution is -2.26. The summed E-state index contributed by atoms with van der Waals surface area (Å²) in [7, 11) is 0. The lowest BCUT2D eigenvalue weighted by atomic mass is 10.1. The highest BCUT2D eigenvalue weighted by Crippen LogP contribution is 2.19. The Bertz CT molecular complexity index is 640. The van der Waals surface area contributed by atoms with E-state index in [2.05, 4.69) is 21.2 Å². The Balaban J connectivity index is 2.13. The van der Waals surface area contributed by atoms with Gasteiger partial charge in [-0.1, -0.05) is 28.1 Å². The van der Waals surface area contributed by atoms with Crippen LogP contribution in [-0.4, -0.2) is 5.91 Å². The van der Waals surface area contributed by atoms with Crippen LogP contribution in [0.15, 0.2) is 46.9 Å². The van der Waals surface area contributed by atoms with Crippen molar-refractivity contribution in [3.05, 3.63) is 63.6 Å². The summed E-state index contributed by atoms with van der Waals surface area (Å²) in [6.45, 7) is 3.85. The van der Waals surface area contributed by atoms with Crippen molar-refractivity contribution < 1.29 is 4.79 Å². The van der Waals surface area contributed by atoms with Gasteiger partial charge < -0.3 is 11.1 Å². The summed E-state index contributed by atoms with van der Waals surface area (Å²) in [5, 5.41) is 2.99. The first kappa shape index (κ1) is 14.6. The van der Waals surface area contributed by atoms with Crippen LogP contribution in [-0.2, 0) is 0 Å². The number of hydrogen-bond donors (Lipinski definition) is 2. The molecule has 0 radical (unpaired) electrons. The van der Waals surface area contributed by atoms with Crippen molar-refractivity contribution >= 4 is 27.5 Å². The van der Waals surface area contributed by atoms with Gasteiger partial charge in [0, 0.05) is 15.7 Å². The summed E-state index contributed by atoms with van der Waals surface area (Å²) in [6, 6.07) is 13.1. The largest absolute Gasteiger partial charge is 0.399 e. The first-order chi connectivity index (χ1) is 9.47. The number of nitrogen functional groups attached to an aromatic ring is 1. The number of carbonyl (C=O) groups is 1. The summed E-state index contributed by atoms with van der Waals surface area (Å²) in [5.74, 6) is -0.0967. The molecule has 2 aromatic carbocycles. The fraction of sp³-hybridized carbons (Fsp3) is 0.188. The molecule has 0 spiro atoms. The van der Waals surface area contributed by atoms with Crippen LogP contribution in [0.3, 0.4) is 0 Å². The molecule has 1 atom stereocenters. The minimum atomic E-state index is -0.0967. The summed E-state index contributed by atoms with van der Waals surface area (Å²) < 4.78 is 0.999. The number of halogens is 1. The van der Waals surface area contributed by atoms with Gasteiger partial charge in [-0.05, 0) is 55.3 Å². The smallest absolute Gasteiger partial charge is 0.251 e. The minimum absolute atomic E-state index is 0.0575. The van der Waals surface area contributed by atoms with Crippen LogP contribution < -0.4 is 11.1 Å². The Kier molecular flexibility index (Phi) is 4.45. The van der Waals surface area contributed by atoms with Crippen molar-refractivity contribution in [2.24, 2.45) is 0 Å². The van der Waals surface area contributed by atoms with Gasteiger partial charge in [-0.25, -0.2) is 0 Å². The molecule has 20 heavy (non-hydrogen) atoms. The van der Waals surface area contributed by atoms with Crippen LogP contribution in [0.25, 0.3) is 0 Å². The first-order valence-electron chi connectivity index (χ1n) is 6.40. The van der Waals surface area contributed by atoms with E-state index in [-0.39, 0.29) is 11.9 Å². The predicted molar refractivity (Wildman–Crippen MR) is 85.6 cm³/mol. The SMILES string of the molecule is Cc1cc(C(=O)N[C@@H](C)c2cccc(Br)c2)ccc1N. The molecule has 0 aliphatic carbocycles. The minimum Gasteiger partial charge on any atom is -0.399 e. The van der Waals surface area contributed by atoms with Crippen molar-refractivity contribution in [3.63, 3.8) is 0 Å². The topological polar surface area (TPSA) is 55.1 Å². The Morgan fingerprint density at radius 3 is 2.65 bits per heavy atom. The Morgan fingerprint density at radius 2 is 2.00 bits per heavy atom. The third-order valence-corrected chi connectivity index (χ3v) is 3.72. The number of nitrogens with two attached hydrogens (primary N) is 1. The van der Waals surface area contributed by atoms with Gasteiger partial charge in [-0.15, -0.1) is 0 Å². The number of carbonyl (C=O) groups excluding carboxylic acids is 1. The number of benzene rings is 2. The monoisotopic (exact) mass is 332 g/mol. The molecule has 0 aliphatic heterocycles. The number of hydrogen-bond acceptors (Lipinski definition) is 2. The number of anilines is 1. The maximum Gasteiger partial charge on any atom is 0.251 e. The van der Waals surface area contributed by atoms with Crippen molar-refractivity contribution in [2.75, 3.05) is 5.73 Å². The van der Waals surface area contributed by atoms with E-state index < -0.39 is 0 Å². The molecule has 3 nitrogen and oxygen atoms in total. The molecule has 4 heteroatoms. The molecule has 0 heterocycles. The lowest BCUT2D eigenvalue weighted by Gasteiger charge is -2.15. The number of rotatable bonds is 3. The number of amides is 1. The molecule has 0 saturated heterocycles. The summed E-state index contributed by atoms with van der Waals surface area (Å²) >= 11 is 3.43. The van der Waals surface area contributed by atoms with Crippen LogP contribution in [0, 0.1) is 6.92 Å². The Labute approximate surface area is 127 Å². The van der Waals surface area contributed by atoms with E-state index in [0.29, 0.717) is 11.3 Å². The fourth-order valence-electron chi connectivity index (χ4n) is 1.96. The normalized spacial score (nSPS) is 11.9. The van der Waals surface area contributed by atoms with E-state index in [1.54, 1.807) is 18.2 Å². The van der Waals surface area contributed by atoms with Crippen molar-refractivity contribution in [1.82, 2.24) is 5.32 Å². The Hall–Kier alpha value is -1.81. The van der Waals surface area contributed by atoms with E-state index in [1.807, 2.05) is 38.1 Å².